The topological polar surface area (TPSA) is 43.1 Å². The van der Waals surface area contributed by atoms with Crippen molar-refractivity contribution >= 4 is 6.29 Å². The molecule has 0 aliphatic heterocycles. The van der Waals surface area contributed by atoms with Crippen molar-refractivity contribution in [3.05, 3.63) is 0 Å². The summed E-state index contributed by atoms with van der Waals surface area (Å²) in [4.78, 5) is 10.0. The SMILES string of the molecule is CC(N)CCCCCCCCC=O. The second-order valence-corrected chi connectivity index (χ2v) is 3.84. The largest absolute Gasteiger partial charge is 0.328 e. The molecule has 0 rings (SSSR count). The quantitative estimate of drug-likeness (QED) is 0.443. The van der Waals surface area contributed by atoms with E-state index in [1.807, 2.05) is 0 Å². The van der Waals surface area contributed by atoms with Crippen molar-refractivity contribution in [3.8, 4) is 0 Å². The van der Waals surface area contributed by atoms with Crippen LogP contribution in [0.4, 0.5) is 0 Å². The van der Waals surface area contributed by atoms with Crippen LogP contribution >= 0.6 is 0 Å². The van der Waals surface area contributed by atoms with E-state index in [1.54, 1.807) is 0 Å². The van der Waals surface area contributed by atoms with Crippen molar-refractivity contribution in [1.29, 1.82) is 0 Å². The van der Waals surface area contributed by atoms with Crippen LogP contribution in [0.25, 0.3) is 0 Å². The Kier molecular flexibility index (Phi) is 9.44. The van der Waals surface area contributed by atoms with Gasteiger partial charge < -0.3 is 10.5 Å². The Morgan fingerprint density at radius 1 is 1.08 bits per heavy atom. The fourth-order valence-electron chi connectivity index (χ4n) is 1.40. The molecule has 13 heavy (non-hydrogen) atoms. The number of aldehydes is 1. The van der Waals surface area contributed by atoms with Crippen LogP contribution in [0, 0.1) is 0 Å². The lowest BCUT2D eigenvalue weighted by molar-refractivity contribution is -0.107. The van der Waals surface area contributed by atoms with Crippen LogP contribution in [0.5, 0.6) is 0 Å². The van der Waals surface area contributed by atoms with Crippen LogP contribution in [0.2, 0.25) is 0 Å². The summed E-state index contributed by atoms with van der Waals surface area (Å²) in [6, 6.07) is 0.357. The molecule has 78 valence electrons. The molecule has 0 amide bonds. The molecule has 0 fully saturated rings. The van der Waals surface area contributed by atoms with Gasteiger partial charge in [-0.05, 0) is 19.8 Å². The lowest BCUT2D eigenvalue weighted by atomic mass is 10.1. The highest BCUT2D eigenvalue weighted by atomic mass is 16.1. The summed E-state index contributed by atoms with van der Waals surface area (Å²) in [5.74, 6) is 0. The molecule has 0 aromatic rings. The van der Waals surface area contributed by atoms with Gasteiger partial charge in [-0.1, -0.05) is 32.1 Å². The number of unbranched alkanes of at least 4 members (excludes halogenated alkanes) is 6. The Hall–Kier alpha value is -0.370. The summed E-state index contributed by atoms with van der Waals surface area (Å²) in [7, 11) is 0. The lowest BCUT2D eigenvalue weighted by Crippen LogP contribution is -2.13. The molecule has 0 aliphatic rings. The first-order valence-corrected chi connectivity index (χ1v) is 5.46. The minimum absolute atomic E-state index is 0.357. The molecule has 0 aromatic heterocycles. The van der Waals surface area contributed by atoms with E-state index in [1.165, 1.54) is 32.1 Å². The monoisotopic (exact) mass is 185 g/mol. The normalized spacial score (nSPS) is 12.8. The fourth-order valence-corrected chi connectivity index (χ4v) is 1.40. The summed E-state index contributed by atoms with van der Waals surface area (Å²) >= 11 is 0. The maximum absolute atomic E-state index is 10.0. The molecule has 2 N–H and O–H groups in total. The third-order valence-corrected chi connectivity index (χ3v) is 2.23. The predicted molar refractivity (Wildman–Crippen MR) is 56.6 cm³/mol. The minimum Gasteiger partial charge on any atom is -0.328 e. The van der Waals surface area contributed by atoms with E-state index in [0.717, 1.165) is 25.5 Å². The van der Waals surface area contributed by atoms with Crippen molar-refractivity contribution in [2.45, 2.75) is 64.3 Å². The highest BCUT2D eigenvalue weighted by Crippen LogP contribution is 2.08. The van der Waals surface area contributed by atoms with Gasteiger partial charge in [0, 0.05) is 12.5 Å². The second-order valence-electron chi connectivity index (χ2n) is 3.84. The first-order valence-electron chi connectivity index (χ1n) is 5.46. The van der Waals surface area contributed by atoms with Crippen LogP contribution in [0.15, 0.2) is 0 Å². The molecule has 2 nitrogen and oxygen atoms in total. The maximum Gasteiger partial charge on any atom is 0.119 e. The summed E-state index contributed by atoms with van der Waals surface area (Å²) in [5, 5.41) is 0. The Labute approximate surface area is 81.9 Å². The third-order valence-electron chi connectivity index (χ3n) is 2.23. The van der Waals surface area contributed by atoms with Crippen molar-refractivity contribution in [1.82, 2.24) is 0 Å². The number of rotatable bonds is 9. The third kappa shape index (κ3) is 11.6. The average molecular weight is 185 g/mol. The van der Waals surface area contributed by atoms with Gasteiger partial charge in [-0.15, -0.1) is 0 Å². The molecule has 0 bridgehead atoms. The zero-order chi connectivity index (χ0) is 9.94. The average Bonchev–Trinajstić information content (AvgIpc) is 2.09. The Morgan fingerprint density at radius 3 is 2.15 bits per heavy atom. The number of hydrogen-bond donors (Lipinski definition) is 1. The number of carbonyl (C=O) groups is 1. The van der Waals surface area contributed by atoms with Gasteiger partial charge in [-0.2, -0.15) is 0 Å². The smallest absolute Gasteiger partial charge is 0.119 e. The van der Waals surface area contributed by atoms with E-state index in [0.29, 0.717) is 6.04 Å². The molecule has 1 unspecified atom stereocenters. The van der Waals surface area contributed by atoms with E-state index in [9.17, 15) is 4.79 Å². The molecular weight excluding hydrogens is 162 g/mol. The van der Waals surface area contributed by atoms with Crippen molar-refractivity contribution < 1.29 is 4.79 Å². The van der Waals surface area contributed by atoms with Gasteiger partial charge in [-0.25, -0.2) is 0 Å². The minimum atomic E-state index is 0.357. The molecule has 0 heterocycles. The van der Waals surface area contributed by atoms with Crippen LogP contribution in [-0.4, -0.2) is 12.3 Å². The van der Waals surface area contributed by atoms with E-state index in [-0.39, 0.29) is 0 Å². The van der Waals surface area contributed by atoms with E-state index < -0.39 is 0 Å². The first-order chi connectivity index (χ1) is 6.27. The molecule has 1 atom stereocenters. The van der Waals surface area contributed by atoms with Gasteiger partial charge in [0.2, 0.25) is 0 Å². The standard InChI is InChI=1S/C11H23NO/c1-11(12)9-7-5-3-2-4-6-8-10-13/h10-11H,2-9,12H2,1H3. The van der Waals surface area contributed by atoms with Crippen LogP contribution < -0.4 is 5.73 Å². The second kappa shape index (κ2) is 9.72. The van der Waals surface area contributed by atoms with Gasteiger partial charge >= 0.3 is 0 Å². The Balaban J connectivity index is 2.87. The molecular formula is C11H23NO. The van der Waals surface area contributed by atoms with E-state index in [4.69, 9.17) is 5.73 Å². The zero-order valence-electron chi connectivity index (χ0n) is 8.80. The fraction of sp³-hybridized carbons (Fsp3) is 0.909. The Bertz CT molecular complexity index is 113. The van der Waals surface area contributed by atoms with E-state index >= 15 is 0 Å². The molecule has 0 spiro atoms. The van der Waals surface area contributed by atoms with Crippen molar-refractivity contribution in [2.24, 2.45) is 5.73 Å². The molecule has 0 saturated heterocycles. The van der Waals surface area contributed by atoms with Crippen molar-refractivity contribution in [2.75, 3.05) is 0 Å². The van der Waals surface area contributed by atoms with Gasteiger partial charge in [0.1, 0.15) is 6.29 Å². The molecule has 0 aromatic carbocycles. The summed E-state index contributed by atoms with van der Waals surface area (Å²) < 4.78 is 0. The summed E-state index contributed by atoms with van der Waals surface area (Å²) in [6.07, 6.45) is 10.3. The maximum atomic E-state index is 10.0. The molecule has 0 aliphatic carbocycles. The van der Waals surface area contributed by atoms with E-state index in [2.05, 4.69) is 6.92 Å². The first kappa shape index (κ1) is 12.6. The highest BCUT2D eigenvalue weighted by molar-refractivity contribution is 5.48. The molecule has 0 saturated carbocycles. The number of hydrogen-bond acceptors (Lipinski definition) is 2. The predicted octanol–water partition coefficient (Wildman–Crippen LogP) is 2.65. The summed E-state index contributed by atoms with van der Waals surface area (Å²) in [5.41, 5.74) is 5.63. The molecule has 2 heteroatoms. The van der Waals surface area contributed by atoms with Gasteiger partial charge in [0.15, 0.2) is 0 Å². The Morgan fingerprint density at radius 2 is 1.62 bits per heavy atom. The van der Waals surface area contributed by atoms with Crippen molar-refractivity contribution in [3.63, 3.8) is 0 Å². The molecule has 0 radical (unpaired) electrons. The highest BCUT2D eigenvalue weighted by Gasteiger charge is 1.94. The van der Waals surface area contributed by atoms with Gasteiger partial charge in [0.25, 0.3) is 0 Å². The van der Waals surface area contributed by atoms with Crippen LogP contribution in [-0.2, 0) is 4.79 Å². The van der Waals surface area contributed by atoms with Gasteiger partial charge in [-0.3, -0.25) is 0 Å². The number of nitrogens with two attached hydrogens (primary N) is 1. The lowest BCUT2D eigenvalue weighted by Gasteiger charge is -2.03. The van der Waals surface area contributed by atoms with Crippen LogP contribution in [0.3, 0.4) is 0 Å². The summed E-state index contributed by atoms with van der Waals surface area (Å²) in [6.45, 7) is 2.06. The number of carbonyl (C=O) groups excluding carboxylic acids is 1. The van der Waals surface area contributed by atoms with Crippen LogP contribution in [0.1, 0.15) is 58.3 Å². The zero-order valence-corrected chi connectivity index (χ0v) is 8.80. The van der Waals surface area contributed by atoms with Gasteiger partial charge in [0.05, 0.1) is 0 Å².